The van der Waals surface area contributed by atoms with Crippen LogP contribution in [0.1, 0.15) is 23.1 Å². The van der Waals surface area contributed by atoms with Gasteiger partial charge in [0.1, 0.15) is 0 Å². The summed E-state index contributed by atoms with van der Waals surface area (Å²) in [4.78, 5) is 14.0. The predicted molar refractivity (Wildman–Crippen MR) is 79.6 cm³/mol. The molecule has 1 heterocycles. The van der Waals surface area contributed by atoms with Crippen LogP contribution in [0.15, 0.2) is 18.2 Å². The molecule has 1 atom stereocenters. The number of ether oxygens (including phenoxy) is 1. The van der Waals surface area contributed by atoms with E-state index < -0.39 is 0 Å². The van der Waals surface area contributed by atoms with Crippen LogP contribution in [0.25, 0.3) is 0 Å². The fraction of sp³-hybridized carbons (Fsp3) is 0.562. The number of nitrogens with zero attached hydrogens (tertiary/aromatic N) is 1. The second kappa shape index (κ2) is 6.86. The van der Waals surface area contributed by atoms with Crippen LogP contribution < -0.4 is 5.32 Å². The van der Waals surface area contributed by atoms with Crippen molar-refractivity contribution in [2.75, 3.05) is 26.8 Å². The highest BCUT2D eigenvalue weighted by molar-refractivity contribution is 5.76. The number of amides is 1. The summed E-state index contributed by atoms with van der Waals surface area (Å²) in [6.45, 7) is 7.04. The molecule has 4 heteroatoms. The van der Waals surface area contributed by atoms with Gasteiger partial charge < -0.3 is 15.0 Å². The van der Waals surface area contributed by atoms with Crippen molar-refractivity contribution in [2.24, 2.45) is 0 Å². The highest BCUT2D eigenvalue weighted by atomic mass is 16.5. The largest absolute Gasteiger partial charge is 0.378 e. The van der Waals surface area contributed by atoms with E-state index in [1.165, 1.54) is 16.7 Å². The van der Waals surface area contributed by atoms with Gasteiger partial charge in [0.05, 0.1) is 13.2 Å². The predicted octanol–water partition coefficient (Wildman–Crippen LogP) is 1.64. The minimum Gasteiger partial charge on any atom is -0.378 e. The number of carbonyl (C=O) groups excluding carboxylic acids is 1. The molecule has 0 saturated carbocycles. The third-order valence-electron chi connectivity index (χ3n) is 3.75. The number of hydrogen-bond donors (Lipinski definition) is 1. The average Bonchev–Trinajstić information content (AvgIpc) is 2.43. The van der Waals surface area contributed by atoms with E-state index in [4.69, 9.17) is 4.74 Å². The van der Waals surface area contributed by atoms with E-state index in [0.29, 0.717) is 19.6 Å². The number of rotatable bonds is 4. The Morgan fingerprint density at radius 3 is 2.90 bits per heavy atom. The molecule has 1 aliphatic heterocycles. The molecular formula is C16H24N2O2. The molecule has 1 amide bonds. The second-order valence-corrected chi connectivity index (χ2v) is 5.61. The van der Waals surface area contributed by atoms with Crippen LogP contribution in [-0.4, -0.2) is 43.7 Å². The first-order valence-corrected chi connectivity index (χ1v) is 7.17. The molecule has 1 N–H and O–H groups in total. The first-order valence-electron chi connectivity index (χ1n) is 7.17. The van der Waals surface area contributed by atoms with Crippen molar-refractivity contribution in [1.29, 1.82) is 0 Å². The van der Waals surface area contributed by atoms with E-state index >= 15 is 0 Å². The number of aryl methyl sites for hydroxylation is 2. The maximum Gasteiger partial charge on any atom is 0.224 e. The molecule has 2 rings (SSSR count). The standard InChI is InChI=1S/C16H24N2O2/c1-12-4-5-14(13(2)8-12)10-18(3)16(19)9-15-11-20-7-6-17-15/h4-5,8,15,17H,6-7,9-11H2,1-3H3. The molecule has 1 aromatic rings. The first-order chi connectivity index (χ1) is 9.56. The van der Waals surface area contributed by atoms with Gasteiger partial charge >= 0.3 is 0 Å². The fourth-order valence-electron chi connectivity index (χ4n) is 2.48. The van der Waals surface area contributed by atoms with Gasteiger partial charge in [0, 0.05) is 32.6 Å². The Morgan fingerprint density at radius 1 is 1.45 bits per heavy atom. The van der Waals surface area contributed by atoms with Gasteiger partial charge in [-0.25, -0.2) is 0 Å². The zero-order chi connectivity index (χ0) is 14.5. The lowest BCUT2D eigenvalue weighted by Gasteiger charge is -2.26. The molecule has 110 valence electrons. The van der Waals surface area contributed by atoms with Crippen LogP contribution in [-0.2, 0) is 16.1 Å². The molecule has 0 spiro atoms. The summed E-state index contributed by atoms with van der Waals surface area (Å²) >= 11 is 0. The highest BCUT2D eigenvalue weighted by Gasteiger charge is 2.19. The Balaban J connectivity index is 1.89. The number of morpholine rings is 1. The zero-order valence-corrected chi connectivity index (χ0v) is 12.6. The molecule has 1 unspecified atom stereocenters. The lowest BCUT2D eigenvalue weighted by molar-refractivity contribution is -0.131. The van der Waals surface area contributed by atoms with Crippen LogP contribution in [0.2, 0.25) is 0 Å². The minimum absolute atomic E-state index is 0.151. The molecule has 0 aliphatic carbocycles. The fourth-order valence-corrected chi connectivity index (χ4v) is 2.48. The number of benzene rings is 1. The van der Waals surface area contributed by atoms with Crippen molar-refractivity contribution in [3.8, 4) is 0 Å². The van der Waals surface area contributed by atoms with Gasteiger partial charge in [-0.15, -0.1) is 0 Å². The quantitative estimate of drug-likeness (QED) is 0.909. The number of carbonyl (C=O) groups is 1. The highest BCUT2D eigenvalue weighted by Crippen LogP contribution is 2.13. The summed E-state index contributed by atoms with van der Waals surface area (Å²) in [5, 5.41) is 3.32. The summed E-state index contributed by atoms with van der Waals surface area (Å²) in [6.07, 6.45) is 0.501. The Bertz CT molecular complexity index is 468. The lowest BCUT2D eigenvalue weighted by Crippen LogP contribution is -2.44. The third-order valence-corrected chi connectivity index (χ3v) is 3.75. The minimum atomic E-state index is 0.151. The van der Waals surface area contributed by atoms with Crippen molar-refractivity contribution in [1.82, 2.24) is 10.2 Å². The Labute approximate surface area is 121 Å². The summed E-state index contributed by atoms with van der Waals surface area (Å²) in [7, 11) is 1.87. The first kappa shape index (κ1) is 15.0. The van der Waals surface area contributed by atoms with E-state index in [1.54, 1.807) is 4.90 Å². The van der Waals surface area contributed by atoms with Crippen LogP contribution in [0.5, 0.6) is 0 Å². The summed E-state index contributed by atoms with van der Waals surface area (Å²) < 4.78 is 5.38. The lowest BCUT2D eigenvalue weighted by atomic mass is 10.1. The molecule has 0 bridgehead atoms. The maximum absolute atomic E-state index is 12.2. The van der Waals surface area contributed by atoms with Gasteiger partial charge in [0.25, 0.3) is 0 Å². The topological polar surface area (TPSA) is 41.6 Å². The van der Waals surface area contributed by atoms with Gasteiger partial charge in [-0.1, -0.05) is 23.8 Å². The smallest absolute Gasteiger partial charge is 0.224 e. The van der Waals surface area contributed by atoms with Crippen molar-refractivity contribution in [3.05, 3.63) is 34.9 Å². The molecule has 0 aromatic heterocycles. The van der Waals surface area contributed by atoms with Gasteiger partial charge in [-0.3, -0.25) is 4.79 Å². The van der Waals surface area contributed by atoms with Gasteiger partial charge in [-0.05, 0) is 25.0 Å². The summed E-state index contributed by atoms with van der Waals surface area (Å²) in [5.41, 5.74) is 3.70. The normalized spacial score (nSPS) is 18.9. The van der Waals surface area contributed by atoms with Gasteiger partial charge in [0.15, 0.2) is 0 Å². The Kier molecular flexibility index (Phi) is 5.15. The Morgan fingerprint density at radius 2 is 2.25 bits per heavy atom. The number of hydrogen-bond acceptors (Lipinski definition) is 3. The third kappa shape index (κ3) is 4.05. The maximum atomic E-state index is 12.2. The van der Waals surface area contributed by atoms with Crippen LogP contribution >= 0.6 is 0 Å². The second-order valence-electron chi connectivity index (χ2n) is 5.61. The summed E-state index contributed by atoms with van der Waals surface area (Å²) in [6, 6.07) is 6.51. The van der Waals surface area contributed by atoms with E-state index in [0.717, 1.165) is 13.2 Å². The van der Waals surface area contributed by atoms with Crippen LogP contribution in [0.4, 0.5) is 0 Å². The molecule has 4 nitrogen and oxygen atoms in total. The molecule has 1 aliphatic rings. The molecule has 1 saturated heterocycles. The average molecular weight is 276 g/mol. The van der Waals surface area contributed by atoms with E-state index in [-0.39, 0.29) is 11.9 Å². The van der Waals surface area contributed by atoms with Crippen molar-refractivity contribution < 1.29 is 9.53 Å². The van der Waals surface area contributed by atoms with Crippen LogP contribution in [0.3, 0.4) is 0 Å². The van der Waals surface area contributed by atoms with E-state index in [2.05, 4.69) is 37.4 Å². The summed E-state index contributed by atoms with van der Waals surface area (Å²) in [5.74, 6) is 0.160. The molecule has 1 aromatic carbocycles. The van der Waals surface area contributed by atoms with Crippen LogP contribution in [0, 0.1) is 13.8 Å². The van der Waals surface area contributed by atoms with Gasteiger partial charge in [-0.2, -0.15) is 0 Å². The van der Waals surface area contributed by atoms with Crippen molar-refractivity contribution >= 4 is 5.91 Å². The molecule has 1 fully saturated rings. The Hall–Kier alpha value is -1.39. The molecule has 0 radical (unpaired) electrons. The van der Waals surface area contributed by atoms with Crippen molar-refractivity contribution in [3.63, 3.8) is 0 Å². The molecular weight excluding hydrogens is 252 g/mol. The molecule has 20 heavy (non-hydrogen) atoms. The van der Waals surface area contributed by atoms with E-state index in [1.807, 2.05) is 7.05 Å². The number of nitrogens with one attached hydrogen (secondary N) is 1. The van der Waals surface area contributed by atoms with Gasteiger partial charge in [0.2, 0.25) is 5.91 Å². The zero-order valence-electron chi connectivity index (χ0n) is 12.6. The van der Waals surface area contributed by atoms with Crippen molar-refractivity contribution in [2.45, 2.75) is 32.9 Å². The van der Waals surface area contributed by atoms with E-state index in [9.17, 15) is 4.79 Å². The SMILES string of the molecule is Cc1ccc(CN(C)C(=O)CC2COCCN2)c(C)c1. The monoisotopic (exact) mass is 276 g/mol.